The van der Waals surface area contributed by atoms with Crippen molar-refractivity contribution in [1.29, 1.82) is 0 Å². The van der Waals surface area contributed by atoms with Gasteiger partial charge in [-0.25, -0.2) is 4.39 Å². The van der Waals surface area contributed by atoms with Crippen molar-refractivity contribution in [2.24, 2.45) is 0 Å². The van der Waals surface area contributed by atoms with Gasteiger partial charge >= 0.3 is 7.12 Å². The highest BCUT2D eigenvalue weighted by molar-refractivity contribution is 6.62. The summed E-state index contributed by atoms with van der Waals surface area (Å²) in [4.78, 5) is 0. The highest BCUT2D eigenvalue weighted by atomic mass is 19.1. The Kier molecular flexibility index (Phi) is 4.12. The SMILES string of the molecule is CC1(C)OB(c2ccc(Oc3ccc(C4CC4)cc3F)cc2)OC1(C)C. The molecular weight excluding hydrogens is 330 g/mol. The van der Waals surface area contributed by atoms with Crippen molar-refractivity contribution in [3.63, 3.8) is 0 Å². The first-order chi connectivity index (χ1) is 12.2. The van der Waals surface area contributed by atoms with Crippen LogP contribution in [-0.2, 0) is 9.31 Å². The molecule has 5 heteroatoms. The van der Waals surface area contributed by atoms with Crippen LogP contribution >= 0.6 is 0 Å². The molecular formula is C21H24BFO3. The molecule has 2 aromatic carbocycles. The third-order valence-corrected chi connectivity index (χ3v) is 5.64. The monoisotopic (exact) mass is 354 g/mol. The van der Waals surface area contributed by atoms with E-state index in [-0.39, 0.29) is 22.8 Å². The molecule has 2 aliphatic rings. The zero-order valence-electron chi connectivity index (χ0n) is 15.7. The van der Waals surface area contributed by atoms with Crippen LogP contribution in [0.2, 0.25) is 0 Å². The fourth-order valence-electron chi connectivity index (χ4n) is 3.07. The molecule has 1 aliphatic heterocycles. The number of hydrogen-bond donors (Lipinski definition) is 0. The standard InChI is InChI=1S/C21H24BFO3/c1-20(2)21(3,4)26-22(25-20)16-8-10-17(11-9-16)24-19-12-7-15(13-18(19)23)14-5-6-14/h7-14H,5-6H2,1-4H3. The summed E-state index contributed by atoms with van der Waals surface area (Å²) in [7, 11) is -0.413. The molecule has 1 saturated heterocycles. The summed E-state index contributed by atoms with van der Waals surface area (Å²) in [5.41, 5.74) is 1.23. The molecule has 0 unspecified atom stereocenters. The maximum Gasteiger partial charge on any atom is 0.494 e. The van der Waals surface area contributed by atoms with Gasteiger partial charge in [0.1, 0.15) is 5.75 Å². The number of rotatable bonds is 4. The molecule has 0 atom stereocenters. The van der Waals surface area contributed by atoms with Gasteiger partial charge in [0.25, 0.3) is 0 Å². The number of halogens is 1. The normalized spacial score (nSPS) is 21.0. The van der Waals surface area contributed by atoms with E-state index < -0.39 is 7.12 Å². The molecule has 1 heterocycles. The van der Waals surface area contributed by atoms with Crippen molar-refractivity contribution in [2.45, 2.75) is 57.7 Å². The van der Waals surface area contributed by atoms with Crippen LogP contribution in [0.5, 0.6) is 11.5 Å². The van der Waals surface area contributed by atoms with Gasteiger partial charge in [-0.15, -0.1) is 0 Å². The first-order valence-corrected chi connectivity index (χ1v) is 9.18. The molecule has 0 radical (unpaired) electrons. The van der Waals surface area contributed by atoms with E-state index in [2.05, 4.69) is 0 Å². The number of ether oxygens (including phenoxy) is 1. The minimum absolute atomic E-state index is 0.248. The maximum absolute atomic E-state index is 14.3. The Morgan fingerprint density at radius 3 is 2.12 bits per heavy atom. The third kappa shape index (κ3) is 3.26. The second-order valence-electron chi connectivity index (χ2n) is 8.22. The molecule has 1 saturated carbocycles. The van der Waals surface area contributed by atoms with Crippen molar-refractivity contribution in [3.05, 3.63) is 53.8 Å². The van der Waals surface area contributed by atoms with E-state index >= 15 is 0 Å². The zero-order chi connectivity index (χ0) is 18.5. The van der Waals surface area contributed by atoms with Gasteiger partial charge < -0.3 is 14.0 Å². The quantitative estimate of drug-likeness (QED) is 0.739. The van der Waals surface area contributed by atoms with Gasteiger partial charge in [-0.3, -0.25) is 0 Å². The lowest BCUT2D eigenvalue weighted by Crippen LogP contribution is -2.41. The fraction of sp³-hybridized carbons (Fsp3) is 0.429. The zero-order valence-corrected chi connectivity index (χ0v) is 15.7. The van der Waals surface area contributed by atoms with Crippen LogP contribution in [-0.4, -0.2) is 18.3 Å². The van der Waals surface area contributed by atoms with E-state index in [0.29, 0.717) is 11.7 Å². The van der Waals surface area contributed by atoms with Crippen molar-refractivity contribution in [3.8, 4) is 11.5 Å². The van der Waals surface area contributed by atoms with Gasteiger partial charge in [-0.2, -0.15) is 0 Å². The molecule has 2 aromatic rings. The Morgan fingerprint density at radius 1 is 0.962 bits per heavy atom. The predicted molar refractivity (Wildman–Crippen MR) is 101 cm³/mol. The third-order valence-electron chi connectivity index (χ3n) is 5.64. The summed E-state index contributed by atoms with van der Waals surface area (Å²) in [5, 5.41) is 0. The van der Waals surface area contributed by atoms with Crippen LogP contribution in [0.3, 0.4) is 0 Å². The van der Waals surface area contributed by atoms with Crippen molar-refractivity contribution < 1.29 is 18.4 Å². The summed E-state index contributed by atoms with van der Waals surface area (Å²) in [5.74, 6) is 1.04. The van der Waals surface area contributed by atoms with Crippen molar-refractivity contribution in [2.75, 3.05) is 0 Å². The summed E-state index contributed by atoms with van der Waals surface area (Å²) in [6.07, 6.45) is 2.31. The molecule has 3 nitrogen and oxygen atoms in total. The minimum Gasteiger partial charge on any atom is -0.454 e. The largest absolute Gasteiger partial charge is 0.494 e. The Morgan fingerprint density at radius 2 is 1.58 bits per heavy atom. The van der Waals surface area contributed by atoms with Crippen LogP contribution in [0.15, 0.2) is 42.5 Å². The summed E-state index contributed by atoms with van der Waals surface area (Å²) in [6, 6.07) is 12.7. The summed E-state index contributed by atoms with van der Waals surface area (Å²) in [6.45, 7) is 8.11. The Hall–Kier alpha value is -1.85. The summed E-state index contributed by atoms with van der Waals surface area (Å²) < 4.78 is 32.1. The van der Waals surface area contributed by atoms with Gasteiger partial charge in [0.2, 0.25) is 0 Å². The van der Waals surface area contributed by atoms with Gasteiger partial charge in [0, 0.05) is 0 Å². The lowest BCUT2D eigenvalue weighted by atomic mass is 9.79. The molecule has 1 aliphatic carbocycles. The first kappa shape index (κ1) is 17.6. The van der Waals surface area contributed by atoms with Crippen molar-refractivity contribution >= 4 is 12.6 Å². The molecule has 0 amide bonds. The second-order valence-corrected chi connectivity index (χ2v) is 8.22. The molecule has 0 aromatic heterocycles. The fourth-order valence-corrected chi connectivity index (χ4v) is 3.07. The van der Waals surface area contributed by atoms with Crippen LogP contribution in [0.1, 0.15) is 52.0 Å². The molecule has 0 spiro atoms. The maximum atomic E-state index is 14.3. The molecule has 0 N–H and O–H groups in total. The molecule has 136 valence electrons. The minimum atomic E-state index is -0.413. The Balaban J connectivity index is 1.47. The topological polar surface area (TPSA) is 27.7 Å². The smallest absolute Gasteiger partial charge is 0.454 e. The first-order valence-electron chi connectivity index (χ1n) is 9.18. The molecule has 4 rings (SSSR count). The van der Waals surface area contributed by atoms with Gasteiger partial charge in [-0.1, -0.05) is 18.2 Å². The second kappa shape index (κ2) is 6.10. The molecule has 2 fully saturated rings. The van der Waals surface area contributed by atoms with Crippen LogP contribution in [0.4, 0.5) is 4.39 Å². The van der Waals surface area contributed by atoms with Gasteiger partial charge in [0.05, 0.1) is 11.2 Å². The number of hydrogen-bond acceptors (Lipinski definition) is 3. The molecule has 26 heavy (non-hydrogen) atoms. The highest BCUT2D eigenvalue weighted by Gasteiger charge is 2.51. The van der Waals surface area contributed by atoms with Crippen LogP contribution in [0, 0.1) is 5.82 Å². The number of benzene rings is 2. The Bertz CT molecular complexity index is 797. The van der Waals surface area contributed by atoms with E-state index in [1.807, 2.05) is 58.0 Å². The van der Waals surface area contributed by atoms with Crippen LogP contribution in [0.25, 0.3) is 0 Å². The van der Waals surface area contributed by atoms with Gasteiger partial charge in [-0.05, 0) is 81.7 Å². The van der Waals surface area contributed by atoms with Gasteiger partial charge in [0.15, 0.2) is 11.6 Å². The highest BCUT2D eigenvalue weighted by Crippen LogP contribution is 2.41. The van der Waals surface area contributed by atoms with E-state index in [0.717, 1.165) is 23.9 Å². The van der Waals surface area contributed by atoms with Crippen molar-refractivity contribution in [1.82, 2.24) is 0 Å². The average molecular weight is 354 g/mol. The predicted octanol–water partition coefficient (Wildman–Crippen LogP) is 4.79. The lowest BCUT2D eigenvalue weighted by Gasteiger charge is -2.32. The van der Waals surface area contributed by atoms with E-state index in [4.69, 9.17) is 14.0 Å². The van der Waals surface area contributed by atoms with Crippen LogP contribution < -0.4 is 10.2 Å². The van der Waals surface area contributed by atoms with E-state index in [1.54, 1.807) is 12.1 Å². The van der Waals surface area contributed by atoms with E-state index in [9.17, 15) is 4.39 Å². The Labute approximate surface area is 154 Å². The summed E-state index contributed by atoms with van der Waals surface area (Å²) >= 11 is 0. The average Bonchev–Trinajstić information content (AvgIpc) is 3.38. The van der Waals surface area contributed by atoms with E-state index in [1.165, 1.54) is 0 Å². The lowest BCUT2D eigenvalue weighted by molar-refractivity contribution is 0.00578. The molecule has 0 bridgehead atoms.